The van der Waals surface area contributed by atoms with E-state index in [2.05, 4.69) is 16.2 Å². The Balaban J connectivity index is 1.70. The van der Waals surface area contributed by atoms with Gasteiger partial charge in [0.15, 0.2) is 0 Å². The molecule has 0 aliphatic rings. The molecule has 136 valence electrons. The Morgan fingerprint density at radius 3 is 2.23 bits per heavy atom. The van der Waals surface area contributed by atoms with Crippen LogP contribution >= 0.6 is 0 Å². The molecule has 2 aromatic rings. The van der Waals surface area contributed by atoms with Crippen molar-refractivity contribution in [2.75, 3.05) is 5.32 Å². The third kappa shape index (κ3) is 6.76. The maximum atomic E-state index is 12.8. The van der Waals surface area contributed by atoms with Crippen molar-refractivity contribution in [1.29, 1.82) is 0 Å². The molecule has 6 heteroatoms. The lowest BCUT2D eigenvalue weighted by molar-refractivity contribution is -0.124. The zero-order chi connectivity index (χ0) is 18.8. The first-order valence-electron chi connectivity index (χ1n) is 8.36. The van der Waals surface area contributed by atoms with Gasteiger partial charge in [-0.2, -0.15) is 0 Å². The molecule has 0 unspecified atom stereocenters. The van der Waals surface area contributed by atoms with Crippen molar-refractivity contribution in [3.8, 4) is 0 Å². The fourth-order valence-corrected chi connectivity index (χ4v) is 2.23. The first-order valence-corrected chi connectivity index (χ1v) is 8.36. The monoisotopic (exact) mass is 355 g/mol. The van der Waals surface area contributed by atoms with Gasteiger partial charge >= 0.3 is 0 Å². The maximum Gasteiger partial charge on any atom is 0.238 e. The normalized spacial score (nSPS) is 10.9. The summed E-state index contributed by atoms with van der Waals surface area (Å²) in [5.74, 6) is -0.960. The van der Waals surface area contributed by atoms with E-state index in [1.165, 1.54) is 24.3 Å². The van der Waals surface area contributed by atoms with E-state index in [9.17, 15) is 14.0 Å². The van der Waals surface area contributed by atoms with Gasteiger partial charge in [-0.05, 0) is 36.8 Å². The van der Waals surface area contributed by atoms with Crippen LogP contribution in [0.25, 0.3) is 0 Å². The van der Waals surface area contributed by atoms with Crippen LogP contribution in [0.1, 0.15) is 25.3 Å². The molecule has 0 radical (unpaired) electrons. The lowest BCUT2D eigenvalue weighted by Gasteiger charge is -2.12. The standard InChI is InChI=1S/C20H22FN3O2/c1-2-17(14-15-6-4-3-5-7-15)23-24-20(26)13-12-19(25)22-18-10-8-16(21)9-11-18/h2-11,23H,12-14H2,1H3,(H,22,25)(H,24,26). The topological polar surface area (TPSA) is 70.2 Å². The van der Waals surface area contributed by atoms with Crippen LogP contribution in [0.2, 0.25) is 0 Å². The number of anilines is 1. The van der Waals surface area contributed by atoms with Crippen LogP contribution in [-0.2, 0) is 16.0 Å². The first-order chi connectivity index (χ1) is 12.6. The highest BCUT2D eigenvalue weighted by Crippen LogP contribution is 2.09. The number of allylic oxidation sites excluding steroid dienone is 2. The van der Waals surface area contributed by atoms with Crippen molar-refractivity contribution >= 4 is 17.5 Å². The molecule has 0 bridgehead atoms. The zero-order valence-corrected chi connectivity index (χ0v) is 14.6. The van der Waals surface area contributed by atoms with Crippen molar-refractivity contribution in [2.45, 2.75) is 26.2 Å². The quantitative estimate of drug-likeness (QED) is 0.636. The Bertz CT molecular complexity index is 758. The summed E-state index contributed by atoms with van der Waals surface area (Å²) in [5.41, 5.74) is 7.96. The number of carbonyl (C=O) groups excluding carboxylic acids is 2. The van der Waals surface area contributed by atoms with Gasteiger partial charge < -0.3 is 10.7 Å². The van der Waals surface area contributed by atoms with Gasteiger partial charge in [-0.15, -0.1) is 0 Å². The molecule has 0 saturated heterocycles. The van der Waals surface area contributed by atoms with Gasteiger partial charge in [-0.3, -0.25) is 15.0 Å². The van der Waals surface area contributed by atoms with E-state index in [0.29, 0.717) is 12.1 Å². The van der Waals surface area contributed by atoms with E-state index in [0.717, 1.165) is 11.3 Å². The molecule has 0 aliphatic heterocycles. The fourth-order valence-electron chi connectivity index (χ4n) is 2.23. The van der Waals surface area contributed by atoms with E-state index in [1.807, 2.05) is 43.3 Å². The molecule has 2 aromatic carbocycles. The third-order valence-electron chi connectivity index (χ3n) is 3.66. The Labute approximate surface area is 152 Å². The van der Waals surface area contributed by atoms with Crippen molar-refractivity contribution < 1.29 is 14.0 Å². The predicted octanol–water partition coefficient (Wildman–Crippen LogP) is 3.31. The van der Waals surface area contributed by atoms with Crippen LogP contribution in [0.3, 0.4) is 0 Å². The molecule has 0 aromatic heterocycles. The van der Waals surface area contributed by atoms with Crippen LogP contribution in [-0.4, -0.2) is 11.8 Å². The summed E-state index contributed by atoms with van der Waals surface area (Å²) in [4.78, 5) is 23.7. The Kier molecular flexibility index (Phi) is 7.36. The molecule has 0 saturated carbocycles. The van der Waals surface area contributed by atoms with E-state index in [-0.39, 0.29) is 30.5 Å². The van der Waals surface area contributed by atoms with E-state index in [1.54, 1.807) is 0 Å². The van der Waals surface area contributed by atoms with Gasteiger partial charge in [0.2, 0.25) is 11.8 Å². The van der Waals surface area contributed by atoms with Crippen LogP contribution in [0, 0.1) is 5.82 Å². The predicted molar refractivity (Wildman–Crippen MR) is 99.4 cm³/mol. The molecule has 2 amide bonds. The molecule has 0 heterocycles. The summed E-state index contributed by atoms with van der Waals surface area (Å²) in [5, 5.41) is 2.62. The van der Waals surface area contributed by atoms with Crippen molar-refractivity contribution in [3.05, 3.63) is 77.8 Å². The second-order valence-electron chi connectivity index (χ2n) is 5.70. The summed E-state index contributed by atoms with van der Waals surface area (Å²) < 4.78 is 12.8. The lowest BCUT2D eigenvalue weighted by atomic mass is 10.1. The zero-order valence-electron chi connectivity index (χ0n) is 14.6. The first kappa shape index (κ1) is 19.2. The van der Waals surface area contributed by atoms with Gasteiger partial charge in [0.25, 0.3) is 0 Å². The minimum Gasteiger partial charge on any atom is -0.326 e. The van der Waals surface area contributed by atoms with Gasteiger partial charge in [0, 0.05) is 30.6 Å². The average Bonchev–Trinajstić information content (AvgIpc) is 2.66. The molecular formula is C20H22FN3O2. The fraction of sp³-hybridized carbons (Fsp3) is 0.200. The summed E-state index contributed by atoms with van der Waals surface area (Å²) in [6.07, 6.45) is 2.63. The number of hydrogen-bond acceptors (Lipinski definition) is 3. The molecule has 26 heavy (non-hydrogen) atoms. The summed E-state index contributed by atoms with van der Waals surface area (Å²) >= 11 is 0. The number of halogens is 1. The van der Waals surface area contributed by atoms with Crippen LogP contribution < -0.4 is 16.2 Å². The summed E-state index contributed by atoms with van der Waals surface area (Å²) in [6.45, 7) is 1.88. The van der Waals surface area contributed by atoms with Crippen LogP contribution in [0.15, 0.2) is 66.4 Å². The minimum absolute atomic E-state index is 0.0365. The number of benzene rings is 2. The highest BCUT2D eigenvalue weighted by Gasteiger charge is 2.08. The Morgan fingerprint density at radius 2 is 1.58 bits per heavy atom. The number of amides is 2. The van der Waals surface area contributed by atoms with E-state index in [4.69, 9.17) is 0 Å². The number of hydrogen-bond donors (Lipinski definition) is 3. The van der Waals surface area contributed by atoms with Crippen molar-refractivity contribution in [2.24, 2.45) is 0 Å². The summed E-state index contributed by atoms with van der Waals surface area (Å²) in [7, 11) is 0. The second-order valence-corrected chi connectivity index (χ2v) is 5.70. The largest absolute Gasteiger partial charge is 0.326 e. The van der Waals surface area contributed by atoms with Gasteiger partial charge in [0.1, 0.15) is 5.82 Å². The molecule has 2 rings (SSSR count). The number of carbonyl (C=O) groups is 2. The van der Waals surface area contributed by atoms with Gasteiger partial charge in [-0.1, -0.05) is 36.4 Å². The Hall–Kier alpha value is -3.15. The number of nitrogens with one attached hydrogen (secondary N) is 3. The molecule has 0 fully saturated rings. The maximum absolute atomic E-state index is 12.8. The third-order valence-corrected chi connectivity index (χ3v) is 3.66. The van der Waals surface area contributed by atoms with Gasteiger partial charge in [-0.25, -0.2) is 4.39 Å². The SMILES string of the molecule is CC=C(Cc1ccccc1)NNC(=O)CCC(=O)Nc1ccc(F)cc1. The molecule has 0 spiro atoms. The van der Waals surface area contributed by atoms with Crippen molar-refractivity contribution in [1.82, 2.24) is 10.9 Å². The lowest BCUT2D eigenvalue weighted by Crippen LogP contribution is -2.37. The molecular weight excluding hydrogens is 333 g/mol. The smallest absolute Gasteiger partial charge is 0.238 e. The Morgan fingerprint density at radius 1 is 0.923 bits per heavy atom. The van der Waals surface area contributed by atoms with Crippen molar-refractivity contribution in [3.63, 3.8) is 0 Å². The second kappa shape index (κ2) is 9.98. The molecule has 5 nitrogen and oxygen atoms in total. The van der Waals surface area contributed by atoms with E-state index < -0.39 is 0 Å². The minimum atomic E-state index is -0.372. The highest BCUT2D eigenvalue weighted by molar-refractivity contribution is 5.93. The highest BCUT2D eigenvalue weighted by atomic mass is 19.1. The molecule has 3 N–H and O–H groups in total. The molecule has 0 atom stereocenters. The number of hydrazine groups is 1. The average molecular weight is 355 g/mol. The van der Waals surface area contributed by atoms with Crippen LogP contribution in [0.5, 0.6) is 0 Å². The van der Waals surface area contributed by atoms with Crippen LogP contribution in [0.4, 0.5) is 10.1 Å². The molecule has 0 aliphatic carbocycles. The summed E-state index contributed by atoms with van der Waals surface area (Å²) in [6, 6.07) is 15.3. The van der Waals surface area contributed by atoms with Gasteiger partial charge in [0.05, 0.1) is 0 Å². The van der Waals surface area contributed by atoms with E-state index >= 15 is 0 Å². The number of rotatable bonds is 8.